The molecular formula is C21H23ClFN3O3. The second-order valence-corrected chi connectivity index (χ2v) is 7.17. The molecule has 6 nitrogen and oxygen atoms in total. The standard InChI is InChI=1S/C21H23ClFN3O3/c22-17-13-16(7-8-18(17)23)25-21(28)20(27)24-9-4-10-26-11-12-29-19(14-26)15-5-2-1-3-6-15/h1-3,5-8,13,19H,4,9-12,14H2,(H,24,27)(H,25,28)/t19-/m0/s1. The van der Waals surface area contributed by atoms with Crippen molar-refractivity contribution in [3.8, 4) is 0 Å². The SMILES string of the molecule is O=C(NCCCN1CCO[C@H](c2ccccc2)C1)C(=O)Nc1ccc(F)c(Cl)c1. The number of amides is 2. The highest BCUT2D eigenvalue weighted by Crippen LogP contribution is 2.22. The molecule has 0 aliphatic carbocycles. The summed E-state index contributed by atoms with van der Waals surface area (Å²) in [4.78, 5) is 26.1. The van der Waals surface area contributed by atoms with Gasteiger partial charge in [-0.25, -0.2) is 4.39 Å². The van der Waals surface area contributed by atoms with Gasteiger partial charge in [-0.3, -0.25) is 14.5 Å². The Labute approximate surface area is 174 Å². The molecule has 2 N–H and O–H groups in total. The maximum Gasteiger partial charge on any atom is 0.313 e. The summed E-state index contributed by atoms with van der Waals surface area (Å²) in [5.74, 6) is -2.15. The van der Waals surface area contributed by atoms with Gasteiger partial charge in [0.15, 0.2) is 0 Å². The number of benzene rings is 2. The van der Waals surface area contributed by atoms with Crippen LogP contribution in [-0.4, -0.2) is 49.5 Å². The summed E-state index contributed by atoms with van der Waals surface area (Å²) in [7, 11) is 0. The molecule has 1 atom stereocenters. The van der Waals surface area contributed by atoms with E-state index in [9.17, 15) is 14.0 Å². The number of rotatable bonds is 6. The third-order valence-electron chi connectivity index (χ3n) is 4.64. The van der Waals surface area contributed by atoms with E-state index in [-0.39, 0.29) is 16.8 Å². The Hall–Kier alpha value is -2.48. The molecule has 0 spiro atoms. The lowest BCUT2D eigenvalue weighted by Crippen LogP contribution is -2.41. The average Bonchev–Trinajstić information content (AvgIpc) is 2.74. The van der Waals surface area contributed by atoms with Crippen molar-refractivity contribution in [3.05, 3.63) is 64.9 Å². The smallest absolute Gasteiger partial charge is 0.313 e. The van der Waals surface area contributed by atoms with Crippen LogP contribution < -0.4 is 10.6 Å². The van der Waals surface area contributed by atoms with Crippen LogP contribution in [-0.2, 0) is 14.3 Å². The number of anilines is 1. The molecule has 2 aromatic rings. The highest BCUT2D eigenvalue weighted by molar-refractivity contribution is 6.39. The van der Waals surface area contributed by atoms with Crippen LogP contribution in [0, 0.1) is 5.82 Å². The van der Waals surface area contributed by atoms with E-state index in [0.29, 0.717) is 19.6 Å². The number of ether oxygens (including phenoxy) is 1. The van der Waals surface area contributed by atoms with Crippen molar-refractivity contribution in [1.29, 1.82) is 0 Å². The fourth-order valence-corrected chi connectivity index (χ4v) is 3.30. The molecule has 1 fully saturated rings. The first-order valence-electron chi connectivity index (χ1n) is 9.46. The Balaban J connectivity index is 1.37. The van der Waals surface area contributed by atoms with Gasteiger partial charge in [0.1, 0.15) is 5.82 Å². The molecular weight excluding hydrogens is 397 g/mol. The van der Waals surface area contributed by atoms with Crippen LogP contribution in [0.1, 0.15) is 18.1 Å². The number of hydrogen-bond acceptors (Lipinski definition) is 4. The van der Waals surface area contributed by atoms with E-state index in [4.69, 9.17) is 16.3 Å². The van der Waals surface area contributed by atoms with Gasteiger partial charge >= 0.3 is 11.8 Å². The Morgan fingerprint density at radius 3 is 2.72 bits per heavy atom. The lowest BCUT2D eigenvalue weighted by Gasteiger charge is -2.33. The zero-order valence-corrected chi connectivity index (χ0v) is 16.6. The van der Waals surface area contributed by atoms with Crippen LogP contribution >= 0.6 is 11.6 Å². The summed E-state index contributed by atoms with van der Waals surface area (Å²) >= 11 is 5.66. The molecule has 1 aliphatic heterocycles. The van der Waals surface area contributed by atoms with E-state index in [1.807, 2.05) is 18.2 Å². The third-order valence-corrected chi connectivity index (χ3v) is 4.93. The number of carbonyl (C=O) groups is 2. The molecule has 3 rings (SSSR count). The molecule has 1 saturated heterocycles. The molecule has 8 heteroatoms. The zero-order chi connectivity index (χ0) is 20.6. The van der Waals surface area contributed by atoms with Crippen LogP contribution in [0.3, 0.4) is 0 Å². The summed E-state index contributed by atoms with van der Waals surface area (Å²) in [6, 6.07) is 13.8. The van der Waals surface area contributed by atoms with Gasteiger partial charge in [0.05, 0.1) is 17.7 Å². The normalized spacial score (nSPS) is 17.0. The molecule has 1 aliphatic rings. The largest absolute Gasteiger partial charge is 0.371 e. The number of carbonyl (C=O) groups excluding carboxylic acids is 2. The molecule has 0 radical (unpaired) electrons. The minimum atomic E-state index is -0.816. The fraction of sp³-hybridized carbons (Fsp3) is 0.333. The van der Waals surface area contributed by atoms with E-state index >= 15 is 0 Å². The summed E-state index contributed by atoms with van der Waals surface area (Å²) in [6.45, 7) is 3.47. The summed E-state index contributed by atoms with van der Waals surface area (Å²) in [5.41, 5.74) is 1.42. The molecule has 0 unspecified atom stereocenters. The molecule has 154 valence electrons. The number of nitrogens with zero attached hydrogens (tertiary/aromatic N) is 1. The molecule has 2 amide bonds. The van der Waals surface area contributed by atoms with Gasteiger partial charge in [0.25, 0.3) is 0 Å². The molecule has 29 heavy (non-hydrogen) atoms. The number of halogens is 2. The molecule has 0 saturated carbocycles. The summed E-state index contributed by atoms with van der Waals surface area (Å²) < 4.78 is 19.0. The second kappa shape index (κ2) is 10.3. The van der Waals surface area contributed by atoms with Crippen molar-refractivity contribution in [2.24, 2.45) is 0 Å². The van der Waals surface area contributed by atoms with Crippen LogP contribution in [0.5, 0.6) is 0 Å². The number of nitrogens with one attached hydrogen (secondary N) is 2. The monoisotopic (exact) mass is 419 g/mol. The van der Waals surface area contributed by atoms with E-state index in [1.54, 1.807) is 0 Å². The average molecular weight is 420 g/mol. The van der Waals surface area contributed by atoms with E-state index < -0.39 is 17.6 Å². The van der Waals surface area contributed by atoms with Crippen LogP contribution in [0.15, 0.2) is 48.5 Å². The van der Waals surface area contributed by atoms with Gasteiger partial charge < -0.3 is 15.4 Å². The van der Waals surface area contributed by atoms with E-state index in [2.05, 4.69) is 27.7 Å². The van der Waals surface area contributed by atoms with Crippen LogP contribution in [0.2, 0.25) is 5.02 Å². The quantitative estimate of drug-likeness (QED) is 0.558. The van der Waals surface area contributed by atoms with Crippen LogP contribution in [0.25, 0.3) is 0 Å². The number of morpholine rings is 1. The first-order chi connectivity index (χ1) is 14.0. The zero-order valence-electron chi connectivity index (χ0n) is 15.9. The topological polar surface area (TPSA) is 70.7 Å². The van der Waals surface area contributed by atoms with Gasteiger partial charge in [-0.05, 0) is 30.2 Å². The summed E-state index contributed by atoms with van der Waals surface area (Å²) in [6.07, 6.45) is 0.760. The third kappa shape index (κ3) is 6.25. The van der Waals surface area contributed by atoms with E-state index in [1.165, 1.54) is 12.1 Å². The van der Waals surface area contributed by atoms with Crippen molar-refractivity contribution < 1.29 is 18.7 Å². The lowest BCUT2D eigenvalue weighted by atomic mass is 10.1. The van der Waals surface area contributed by atoms with Gasteiger partial charge in [-0.1, -0.05) is 41.9 Å². The van der Waals surface area contributed by atoms with Crippen molar-refractivity contribution in [2.45, 2.75) is 12.5 Å². The number of hydrogen-bond donors (Lipinski definition) is 2. The molecule has 1 heterocycles. The first-order valence-corrected chi connectivity index (χ1v) is 9.84. The highest BCUT2D eigenvalue weighted by atomic mass is 35.5. The molecule has 2 aromatic carbocycles. The Morgan fingerprint density at radius 2 is 1.97 bits per heavy atom. The highest BCUT2D eigenvalue weighted by Gasteiger charge is 2.21. The minimum absolute atomic E-state index is 0.0489. The molecule has 0 bridgehead atoms. The van der Waals surface area contributed by atoms with E-state index in [0.717, 1.165) is 31.3 Å². The van der Waals surface area contributed by atoms with Gasteiger partial charge in [0.2, 0.25) is 0 Å². The maximum absolute atomic E-state index is 13.1. The van der Waals surface area contributed by atoms with Crippen molar-refractivity contribution in [3.63, 3.8) is 0 Å². The predicted molar refractivity (Wildman–Crippen MR) is 109 cm³/mol. The Morgan fingerprint density at radius 1 is 1.17 bits per heavy atom. The molecule has 0 aromatic heterocycles. The van der Waals surface area contributed by atoms with Crippen LogP contribution in [0.4, 0.5) is 10.1 Å². The maximum atomic E-state index is 13.1. The Kier molecular flexibility index (Phi) is 7.57. The Bertz CT molecular complexity index is 850. The minimum Gasteiger partial charge on any atom is -0.371 e. The van der Waals surface area contributed by atoms with Crippen molar-refractivity contribution in [2.75, 3.05) is 38.1 Å². The van der Waals surface area contributed by atoms with Gasteiger partial charge in [-0.2, -0.15) is 0 Å². The second-order valence-electron chi connectivity index (χ2n) is 6.76. The fourth-order valence-electron chi connectivity index (χ4n) is 3.12. The van der Waals surface area contributed by atoms with Crippen molar-refractivity contribution >= 4 is 29.1 Å². The predicted octanol–water partition coefficient (Wildman–Crippen LogP) is 3.00. The lowest BCUT2D eigenvalue weighted by molar-refractivity contribution is -0.136. The van der Waals surface area contributed by atoms with Gasteiger partial charge in [-0.15, -0.1) is 0 Å². The summed E-state index contributed by atoms with van der Waals surface area (Å²) in [5, 5.41) is 4.87. The van der Waals surface area contributed by atoms with Gasteiger partial charge in [0, 0.05) is 31.9 Å². The first kappa shape index (κ1) is 21.2. The van der Waals surface area contributed by atoms with Crippen molar-refractivity contribution in [1.82, 2.24) is 10.2 Å².